The molecule has 0 aromatic heterocycles. The molecule has 0 N–H and O–H groups in total. The molecule has 0 spiro atoms. The number of rotatable bonds is 4. The molecule has 0 unspecified atom stereocenters. The number of hydrogen-bond acceptors (Lipinski definition) is 3. The molecule has 6 heteroatoms. The quantitative estimate of drug-likeness (QED) is 0.848. The first-order valence-electron chi connectivity index (χ1n) is 7.20. The summed E-state index contributed by atoms with van der Waals surface area (Å²) in [5, 5.41) is 0. The number of piperidine rings is 1. The van der Waals surface area contributed by atoms with E-state index in [9.17, 15) is 13.2 Å². The van der Waals surface area contributed by atoms with Gasteiger partial charge in [-0.3, -0.25) is 4.79 Å². The van der Waals surface area contributed by atoms with Crippen LogP contribution < -0.4 is 0 Å². The van der Waals surface area contributed by atoms with Crippen molar-refractivity contribution >= 4 is 15.9 Å². The summed E-state index contributed by atoms with van der Waals surface area (Å²) in [4.78, 5) is 14.2. The number of likely N-dealkylation sites (N-methyl/N-ethyl adjacent to an activating group) is 1. The summed E-state index contributed by atoms with van der Waals surface area (Å²) in [5.41, 5.74) is 0. The molecule has 2 rings (SSSR count). The van der Waals surface area contributed by atoms with E-state index in [-0.39, 0.29) is 17.3 Å². The lowest BCUT2D eigenvalue weighted by Crippen LogP contribution is -2.45. The van der Waals surface area contributed by atoms with E-state index < -0.39 is 10.0 Å². The van der Waals surface area contributed by atoms with Crippen molar-refractivity contribution in [2.24, 2.45) is 5.92 Å². The minimum Gasteiger partial charge on any atom is -0.341 e. The van der Waals surface area contributed by atoms with Gasteiger partial charge in [0.05, 0.1) is 11.4 Å². The van der Waals surface area contributed by atoms with E-state index in [1.807, 2.05) is 0 Å². The standard InChI is InChI=1S/C15H22N2O3S/c1-13-7-6-10-17(11-13)15(18)12-16(2)21(19,20)14-8-4-3-5-9-14/h3-5,8-9,13H,6-7,10-12H2,1-2H3/t13-/m0/s1. The van der Waals surface area contributed by atoms with Gasteiger partial charge < -0.3 is 4.90 Å². The molecule has 1 aliphatic rings. The fourth-order valence-corrected chi connectivity index (χ4v) is 3.71. The monoisotopic (exact) mass is 310 g/mol. The third-order valence-corrected chi connectivity index (χ3v) is 5.64. The van der Waals surface area contributed by atoms with Gasteiger partial charge in [-0.05, 0) is 30.9 Å². The average Bonchev–Trinajstić information content (AvgIpc) is 2.48. The molecular formula is C15H22N2O3S. The van der Waals surface area contributed by atoms with E-state index in [0.29, 0.717) is 5.92 Å². The predicted molar refractivity (Wildman–Crippen MR) is 81.2 cm³/mol. The summed E-state index contributed by atoms with van der Waals surface area (Å²) in [6, 6.07) is 8.20. The smallest absolute Gasteiger partial charge is 0.243 e. The first-order valence-corrected chi connectivity index (χ1v) is 8.64. The van der Waals surface area contributed by atoms with Gasteiger partial charge in [0.15, 0.2) is 0 Å². The Hall–Kier alpha value is -1.40. The number of hydrogen-bond donors (Lipinski definition) is 0. The van der Waals surface area contributed by atoms with E-state index in [4.69, 9.17) is 0 Å². The Kier molecular flexibility index (Phi) is 5.00. The van der Waals surface area contributed by atoms with Crippen LogP contribution in [0.2, 0.25) is 0 Å². The number of sulfonamides is 1. The zero-order chi connectivity index (χ0) is 15.5. The summed E-state index contributed by atoms with van der Waals surface area (Å²) in [6.07, 6.45) is 2.12. The first kappa shape index (κ1) is 16.0. The second kappa shape index (κ2) is 6.58. The van der Waals surface area contributed by atoms with Gasteiger partial charge in [-0.2, -0.15) is 4.31 Å². The molecule has 1 heterocycles. The van der Waals surface area contributed by atoms with Crippen molar-refractivity contribution in [3.63, 3.8) is 0 Å². The molecule has 0 aliphatic carbocycles. The van der Waals surface area contributed by atoms with Gasteiger partial charge in [0.25, 0.3) is 0 Å². The maximum atomic E-state index is 12.4. The van der Waals surface area contributed by atoms with Crippen molar-refractivity contribution < 1.29 is 13.2 Å². The third-order valence-electron chi connectivity index (χ3n) is 3.82. The Bertz CT molecular complexity index is 586. The van der Waals surface area contributed by atoms with Crippen LogP contribution in [0.1, 0.15) is 19.8 Å². The highest BCUT2D eigenvalue weighted by molar-refractivity contribution is 7.89. The van der Waals surface area contributed by atoms with Gasteiger partial charge in [-0.1, -0.05) is 25.1 Å². The number of carbonyl (C=O) groups excluding carboxylic acids is 1. The lowest BCUT2D eigenvalue weighted by Gasteiger charge is -2.32. The Morgan fingerprint density at radius 2 is 2.00 bits per heavy atom. The second-order valence-corrected chi connectivity index (χ2v) is 7.71. The van der Waals surface area contributed by atoms with Crippen LogP contribution in [0.5, 0.6) is 0 Å². The van der Waals surface area contributed by atoms with Crippen molar-refractivity contribution in [3.8, 4) is 0 Å². The van der Waals surface area contributed by atoms with Crippen LogP contribution >= 0.6 is 0 Å². The molecule has 116 valence electrons. The van der Waals surface area contributed by atoms with E-state index in [0.717, 1.165) is 30.2 Å². The lowest BCUT2D eigenvalue weighted by molar-refractivity contribution is -0.132. The minimum atomic E-state index is -3.60. The first-order chi connectivity index (χ1) is 9.91. The highest BCUT2D eigenvalue weighted by Gasteiger charge is 2.26. The molecule has 0 bridgehead atoms. The largest absolute Gasteiger partial charge is 0.341 e. The van der Waals surface area contributed by atoms with Gasteiger partial charge in [0.1, 0.15) is 0 Å². The number of carbonyl (C=O) groups is 1. The van der Waals surface area contributed by atoms with Gasteiger partial charge >= 0.3 is 0 Å². The Morgan fingerprint density at radius 1 is 1.33 bits per heavy atom. The molecule has 1 aromatic rings. The second-order valence-electron chi connectivity index (χ2n) is 5.66. The number of benzene rings is 1. The SMILES string of the molecule is C[C@H]1CCCN(C(=O)CN(C)S(=O)(=O)c2ccccc2)C1. The maximum absolute atomic E-state index is 12.4. The fraction of sp³-hybridized carbons (Fsp3) is 0.533. The highest BCUT2D eigenvalue weighted by atomic mass is 32.2. The summed E-state index contributed by atoms with van der Waals surface area (Å²) in [6.45, 7) is 3.45. The summed E-state index contributed by atoms with van der Waals surface area (Å²) >= 11 is 0. The Morgan fingerprint density at radius 3 is 2.62 bits per heavy atom. The van der Waals surface area contributed by atoms with Gasteiger partial charge in [0, 0.05) is 20.1 Å². The van der Waals surface area contributed by atoms with Crippen LogP contribution in [0, 0.1) is 5.92 Å². The van der Waals surface area contributed by atoms with Crippen molar-refractivity contribution in [1.82, 2.24) is 9.21 Å². The Labute approximate surface area is 126 Å². The van der Waals surface area contributed by atoms with Gasteiger partial charge in [-0.15, -0.1) is 0 Å². The molecule has 1 aromatic carbocycles. The van der Waals surface area contributed by atoms with Crippen LogP contribution in [-0.2, 0) is 14.8 Å². The molecule has 1 saturated heterocycles. The molecular weight excluding hydrogens is 288 g/mol. The van der Waals surface area contributed by atoms with Crippen LogP contribution in [0.4, 0.5) is 0 Å². The molecule has 1 aliphatic heterocycles. The van der Waals surface area contributed by atoms with Crippen molar-refractivity contribution in [1.29, 1.82) is 0 Å². The number of nitrogens with zero attached hydrogens (tertiary/aromatic N) is 2. The van der Waals surface area contributed by atoms with Crippen LogP contribution in [-0.4, -0.2) is 50.2 Å². The molecule has 1 amide bonds. The Balaban J connectivity index is 2.04. The highest BCUT2D eigenvalue weighted by Crippen LogP contribution is 2.17. The van der Waals surface area contributed by atoms with Gasteiger partial charge in [0.2, 0.25) is 15.9 Å². The van der Waals surface area contributed by atoms with E-state index in [1.54, 1.807) is 35.2 Å². The molecule has 0 saturated carbocycles. The van der Waals surface area contributed by atoms with Crippen LogP contribution in [0.25, 0.3) is 0 Å². The number of likely N-dealkylation sites (tertiary alicyclic amines) is 1. The van der Waals surface area contributed by atoms with Crippen molar-refractivity contribution in [3.05, 3.63) is 30.3 Å². The van der Waals surface area contributed by atoms with Crippen molar-refractivity contribution in [2.75, 3.05) is 26.7 Å². The summed E-state index contributed by atoms with van der Waals surface area (Å²) < 4.78 is 25.9. The maximum Gasteiger partial charge on any atom is 0.243 e. The normalized spacial score (nSPS) is 19.8. The fourth-order valence-electron chi connectivity index (χ4n) is 2.56. The van der Waals surface area contributed by atoms with Crippen LogP contribution in [0.15, 0.2) is 35.2 Å². The van der Waals surface area contributed by atoms with E-state index >= 15 is 0 Å². The van der Waals surface area contributed by atoms with E-state index in [1.165, 1.54) is 7.05 Å². The average molecular weight is 310 g/mol. The predicted octanol–water partition coefficient (Wildman–Crippen LogP) is 1.57. The zero-order valence-corrected chi connectivity index (χ0v) is 13.3. The van der Waals surface area contributed by atoms with Gasteiger partial charge in [-0.25, -0.2) is 8.42 Å². The lowest BCUT2D eigenvalue weighted by atomic mass is 10.0. The molecule has 21 heavy (non-hydrogen) atoms. The molecule has 0 radical (unpaired) electrons. The minimum absolute atomic E-state index is 0.107. The molecule has 1 atom stereocenters. The molecule has 5 nitrogen and oxygen atoms in total. The molecule has 1 fully saturated rings. The topological polar surface area (TPSA) is 57.7 Å². The van der Waals surface area contributed by atoms with E-state index in [2.05, 4.69) is 6.92 Å². The zero-order valence-electron chi connectivity index (χ0n) is 12.5. The van der Waals surface area contributed by atoms with Crippen molar-refractivity contribution in [2.45, 2.75) is 24.7 Å². The summed E-state index contributed by atoms with van der Waals surface area (Å²) in [5.74, 6) is 0.363. The summed E-state index contributed by atoms with van der Waals surface area (Å²) in [7, 11) is -2.15. The third kappa shape index (κ3) is 3.83. The number of amides is 1. The van der Waals surface area contributed by atoms with Crippen LogP contribution in [0.3, 0.4) is 0 Å².